The third-order valence-corrected chi connectivity index (χ3v) is 2.61. The molecule has 0 aliphatic carbocycles. The third kappa shape index (κ3) is 3.95. The van der Waals surface area contributed by atoms with Gasteiger partial charge in [0.2, 0.25) is 5.89 Å². The molecule has 1 fully saturated rings. The molecule has 0 saturated carbocycles. The summed E-state index contributed by atoms with van der Waals surface area (Å²) in [7, 11) is 0. The van der Waals surface area contributed by atoms with E-state index in [1.54, 1.807) is 0 Å². The molecule has 102 valence electrons. The number of hydrogen-bond donors (Lipinski definition) is 1. The zero-order valence-corrected chi connectivity index (χ0v) is 9.66. The van der Waals surface area contributed by atoms with Gasteiger partial charge >= 0.3 is 6.18 Å². The zero-order chi connectivity index (χ0) is 13.0. The van der Waals surface area contributed by atoms with Gasteiger partial charge in [-0.3, -0.25) is 0 Å². The van der Waals surface area contributed by atoms with Gasteiger partial charge in [-0.25, -0.2) is 0 Å². The molecule has 8 heteroatoms. The van der Waals surface area contributed by atoms with Crippen molar-refractivity contribution in [2.75, 3.05) is 19.8 Å². The van der Waals surface area contributed by atoms with Crippen molar-refractivity contribution < 1.29 is 22.4 Å². The van der Waals surface area contributed by atoms with E-state index in [2.05, 4.69) is 15.5 Å². The number of rotatable bonds is 4. The van der Waals surface area contributed by atoms with E-state index in [1.165, 1.54) is 0 Å². The van der Waals surface area contributed by atoms with Gasteiger partial charge in [0.1, 0.15) is 0 Å². The van der Waals surface area contributed by atoms with E-state index in [0.29, 0.717) is 12.4 Å². The first kappa shape index (κ1) is 13.3. The Morgan fingerprint density at radius 2 is 2.22 bits per heavy atom. The Hall–Kier alpha value is -1.15. The second-order valence-corrected chi connectivity index (χ2v) is 4.18. The number of ether oxygens (including phenoxy) is 1. The van der Waals surface area contributed by atoms with Crippen LogP contribution in [0, 0.1) is 0 Å². The molecule has 0 radical (unpaired) electrons. The lowest BCUT2D eigenvalue weighted by atomic mass is 10.0. The van der Waals surface area contributed by atoms with Crippen molar-refractivity contribution >= 4 is 0 Å². The number of halogens is 3. The van der Waals surface area contributed by atoms with Gasteiger partial charge in [-0.2, -0.15) is 18.2 Å². The monoisotopic (exact) mass is 265 g/mol. The van der Waals surface area contributed by atoms with Crippen LogP contribution < -0.4 is 5.32 Å². The number of nitrogens with one attached hydrogen (secondary N) is 1. The summed E-state index contributed by atoms with van der Waals surface area (Å²) in [5, 5.41) is 5.97. The first-order chi connectivity index (χ1) is 8.54. The molecule has 1 aromatic heterocycles. The molecular weight excluding hydrogens is 251 g/mol. The normalized spacial score (nSPS) is 21.2. The fourth-order valence-corrected chi connectivity index (χ4v) is 1.76. The molecule has 1 aromatic rings. The Morgan fingerprint density at radius 1 is 1.39 bits per heavy atom. The van der Waals surface area contributed by atoms with Crippen LogP contribution >= 0.6 is 0 Å². The van der Waals surface area contributed by atoms with E-state index >= 15 is 0 Å². The van der Waals surface area contributed by atoms with Crippen LogP contribution in [0.25, 0.3) is 0 Å². The molecule has 0 aromatic carbocycles. The Kier molecular flexibility index (Phi) is 4.18. The number of aromatic nitrogens is 2. The van der Waals surface area contributed by atoms with Gasteiger partial charge in [-0.05, 0) is 12.8 Å². The summed E-state index contributed by atoms with van der Waals surface area (Å²) in [4.78, 5) is 4.07. The van der Waals surface area contributed by atoms with Crippen LogP contribution in [-0.2, 0) is 11.3 Å². The topological polar surface area (TPSA) is 60.2 Å². The summed E-state index contributed by atoms with van der Waals surface area (Å²) in [5.74, 6) is 0.761. The Balaban J connectivity index is 1.82. The highest BCUT2D eigenvalue weighted by atomic mass is 19.4. The fourth-order valence-electron chi connectivity index (χ4n) is 1.76. The molecule has 0 amide bonds. The molecule has 0 spiro atoms. The Labute approximate surface area is 102 Å². The van der Waals surface area contributed by atoms with Crippen LogP contribution in [0.4, 0.5) is 13.2 Å². The summed E-state index contributed by atoms with van der Waals surface area (Å²) in [6, 6.07) is 0. The molecule has 2 rings (SSSR count). The van der Waals surface area contributed by atoms with Crippen molar-refractivity contribution in [3.63, 3.8) is 0 Å². The van der Waals surface area contributed by atoms with Crippen LogP contribution in [0.15, 0.2) is 4.52 Å². The summed E-state index contributed by atoms with van der Waals surface area (Å²) in [6.07, 6.45) is -2.39. The first-order valence-electron chi connectivity index (χ1n) is 5.72. The molecule has 1 aliphatic heterocycles. The predicted molar refractivity (Wildman–Crippen MR) is 54.9 cm³/mol. The number of nitrogens with zero attached hydrogens (tertiary/aromatic N) is 2. The maximum absolute atomic E-state index is 11.9. The molecule has 1 atom stereocenters. The van der Waals surface area contributed by atoms with E-state index in [4.69, 9.17) is 9.26 Å². The second kappa shape index (κ2) is 5.66. The van der Waals surface area contributed by atoms with Gasteiger partial charge in [-0.1, -0.05) is 5.16 Å². The van der Waals surface area contributed by atoms with Gasteiger partial charge in [-0.15, -0.1) is 0 Å². The lowest BCUT2D eigenvalue weighted by Crippen LogP contribution is -2.28. The van der Waals surface area contributed by atoms with Crippen molar-refractivity contribution in [2.45, 2.75) is 31.5 Å². The SMILES string of the molecule is FC(F)(F)CNCc1nc(C2CCCOC2)no1. The molecule has 1 saturated heterocycles. The van der Waals surface area contributed by atoms with E-state index < -0.39 is 12.7 Å². The van der Waals surface area contributed by atoms with Gasteiger partial charge in [0, 0.05) is 12.5 Å². The second-order valence-electron chi connectivity index (χ2n) is 4.18. The largest absolute Gasteiger partial charge is 0.401 e. The smallest absolute Gasteiger partial charge is 0.381 e. The van der Waals surface area contributed by atoms with Crippen LogP contribution in [0.3, 0.4) is 0 Å². The number of hydrogen-bond acceptors (Lipinski definition) is 5. The minimum atomic E-state index is -4.24. The highest BCUT2D eigenvalue weighted by Crippen LogP contribution is 2.22. The lowest BCUT2D eigenvalue weighted by molar-refractivity contribution is -0.125. The standard InChI is InChI=1S/C10H14F3N3O2/c11-10(12,13)6-14-4-8-15-9(16-18-8)7-2-1-3-17-5-7/h7,14H,1-6H2. The minimum absolute atomic E-state index is 0.0823. The van der Waals surface area contributed by atoms with Crippen molar-refractivity contribution in [2.24, 2.45) is 0 Å². The quantitative estimate of drug-likeness (QED) is 0.896. The molecular formula is C10H14F3N3O2. The Morgan fingerprint density at radius 3 is 2.89 bits per heavy atom. The lowest BCUT2D eigenvalue weighted by Gasteiger charge is -2.18. The predicted octanol–water partition coefficient (Wildman–Crippen LogP) is 1.62. The molecule has 2 heterocycles. The van der Waals surface area contributed by atoms with E-state index in [1.807, 2.05) is 0 Å². The van der Waals surface area contributed by atoms with Gasteiger partial charge in [0.15, 0.2) is 5.82 Å². The van der Waals surface area contributed by atoms with Crippen molar-refractivity contribution in [3.8, 4) is 0 Å². The van der Waals surface area contributed by atoms with Gasteiger partial charge < -0.3 is 14.6 Å². The highest BCUT2D eigenvalue weighted by Gasteiger charge is 2.27. The maximum atomic E-state index is 11.9. The van der Waals surface area contributed by atoms with Gasteiger partial charge in [0.05, 0.1) is 19.7 Å². The van der Waals surface area contributed by atoms with Crippen LogP contribution in [0.1, 0.15) is 30.5 Å². The van der Waals surface area contributed by atoms with E-state index in [9.17, 15) is 13.2 Å². The fraction of sp³-hybridized carbons (Fsp3) is 0.800. The van der Waals surface area contributed by atoms with Crippen molar-refractivity contribution in [3.05, 3.63) is 11.7 Å². The minimum Gasteiger partial charge on any atom is -0.381 e. The average Bonchev–Trinajstić information content (AvgIpc) is 2.77. The van der Waals surface area contributed by atoms with E-state index in [0.717, 1.165) is 19.4 Å². The first-order valence-corrected chi connectivity index (χ1v) is 5.72. The van der Waals surface area contributed by atoms with Crippen LogP contribution in [0.5, 0.6) is 0 Å². The average molecular weight is 265 g/mol. The molecule has 18 heavy (non-hydrogen) atoms. The van der Waals surface area contributed by atoms with E-state index in [-0.39, 0.29) is 18.4 Å². The summed E-state index contributed by atoms with van der Waals surface area (Å²) in [5.41, 5.74) is 0. The zero-order valence-electron chi connectivity index (χ0n) is 9.66. The van der Waals surface area contributed by atoms with Crippen molar-refractivity contribution in [1.82, 2.24) is 15.5 Å². The molecule has 0 bridgehead atoms. The summed E-state index contributed by atoms with van der Waals surface area (Å²) < 4.78 is 45.9. The van der Waals surface area contributed by atoms with Gasteiger partial charge in [0.25, 0.3) is 0 Å². The summed E-state index contributed by atoms with van der Waals surface area (Å²) >= 11 is 0. The van der Waals surface area contributed by atoms with Crippen LogP contribution in [-0.4, -0.2) is 36.1 Å². The molecule has 1 aliphatic rings. The van der Waals surface area contributed by atoms with Crippen LogP contribution in [0.2, 0.25) is 0 Å². The summed E-state index contributed by atoms with van der Waals surface area (Å²) in [6.45, 7) is 0.112. The maximum Gasteiger partial charge on any atom is 0.401 e. The number of alkyl halides is 3. The molecule has 5 nitrogen and oxygen atoms in total. The Bertz CT molecular complexity index is 375. The van der Waals surface area contributed by atoms with Crippen molar-refractivity contribution in [1.29, 1.82) is 0 Å². The highest BCUT2D eigenvalue weighted by molar-refractivity contribution is 4.96. The molecule has 1 unspecified atom stereocenters. The molecule has 1 N–H and O–H groups in total. The third-order valence-electron chi connectivity index (χ3n) is 2.61.